The Morgan fingerprint density at radius 1 is 1.42 bits per heavy atom. The number of halogens is 1. The first kappa shape index (κ1) is 13.5. The van der Waals surface area contributed by atoms with Gasteiger partial charge in [0.15, 0.2) is 0 Å². The van der Waals surface area contributed by atoms with Crippen molar-refractivity contribution in [1.82, 2.24) is 9.97 Å². The highest BCUT2D eigenvalue weighted by molar-refractivity contribution is 14.1. The first-order valence-corrected chi connectivity index (χ1v) is 6.30. The van der Waals surface area contributed by atoms with Crippen molar-refractivity contribution in [3.05, 3.63) is 44.3 Å². The van der Waals surface area contributed by atoms with Gasteiger partial charge in [-0.2, -0.15) is 4.98 Å². The fourth-order valence-corrected chi connectivity index (χ4v) is 1.94. The van der Waals surface area contributed by atoms with Gasteiger partial charge in [0.2, 0.25) is 5.82 Å². The Kier molecular flexibility index (Phi) is 4.10. The average Bonchev–Trinajstić information content (AvgIpc) is 2.38. The van der Waals surface area contributed by atoms with Crippen LogP contribution >= 0.6 is 22.6 Å². The van der Waals surface area contributed by atoms with E-state index in [0.717, 1.165) is 3.57 Å². The van der Waals surface area contributed by atoms with Gasteiger partial charge in [-0.3, -0.25) is 10.1 Å². The molecule has 2 aromatic rings. The Balaban J connectivity index is 2.42. The second kappa shape index (κ2) is 5.78. The molecule has 1 heterocycles. The molecule has 1 aromatic carbocycles. The summed E-state index contributed by atoms with van der Waals surface area (Å²) >= 11 is 2.13. The van der Waals surface area contributed by atoms with Crippen LogP contribution in [0.25, 0.3) is 0 Å². The molecule has 1 aromatic heterocycles. The molecule has 0 atom stereocenters. The van der Waals surface area contributed by atoms with Gasteiger partial charge < -0.3 is 10.1 Å². The molecule has 0 aliphatic rings. The SMILES string of the molecule is CNc1ncnc(Oc2cccc(I)c2)c1[N+](=O)[O-]. The number of benzene rings is 1. The summed E-state index contributed by atoms with van der Waals surface area (Å²) in [5.74, 6) is 0.503. The maximum atomic E-state index is 11.1. The Morgan fingerprint density at radius 2 is 2.21 bits per heavy atom. The van der Waals surface area contributed by atoms with Crippen LogP contribution in [0.5, 0.6) is 11.6 Å². The molecule has 0 aliphatic heterocycles. The molecule has 0 radical (unpaired) electrons. The molecule has 0 saturated heterocycles. The highest BCUT2D eigenvalue weighted by atomic mass is 127. The molecule has 2 rings (SSSR count). The van der Waals surface area contributed by atoms with Gasteiger partial charge in [0, 0.05) is 10.6 Å². The summed E-state index contributed by atoms with van der Waals surface area (Å²) in [7, 11) is 1.55. The van der Waals surface area contributed by atoms with Gasteiger partial charge in [0.25, 0.3) is 0 Å². The van der Waals surface area contributed by atoms with Crippen LogP contribution in [0.15, 0.2) is 30.6 Å². The normalized spacial score (nSPS) is 10.0. The zero-order chi connectivity index (χ0) is 13.8. The monoisotopic (exact) mass is 372 g/mol. The number of nitrogens with zero attached hydrogens (tertiary/aromatic N) is 3. The number of nitrogens with one attached hydrogen (secondary N) is 1. The number of nitro groups is 1. The Bertz CT molecular complexity index is 621. The number of ether oxygens (including phenoxy) is 1. The largest absolute Gasteiger partial charge is 0.434 e. The van der Waals surface area contributed by atoms with Gasteiger partial charge in [-0.1, -0.05) is 6.07 Å². The molecule has 0 spiro atoms. The lowest BCUT2D eigenvalue weighted by Gasteiger charge is -2.07. The van der Waals surface area contributed by atoms with Crippen LogP contribution in [0.2, 0.25) is 0 Å². The number of rotatable bonds is 4. The van der Waals surface area contributed by atoms with Crippen LogP contribution in [-0.2, 0) is 0 Å². The second-order valence-electron chi connectivity index (χ2n) is 3.44. The summed E-state index contributed by atoms with van der Waals surface area (Å²) in [6, 6.07) is 7.14. The van der Waals surface area contributed by atoms with Crippen LogP contribution in [-0.4, -0.2) is 21.9 Å². The lowest BCUT2D eigenvalue weighted by atomic mass is 10.3. The zero-order valence-electron chi connectivity index (χ0n) is 9.83. The van der Waals surface area contributed by atoms with Crippen molar-refractivity contribution in [3.8, 4) is 11.6 Å². The van der Waals surface area contributed by atoms with Crippen molar-refractivity contribution in [2.45, 2.75) is 0 Å². The topological polar surface area (TPSA) is 90.2 Å². The van der Waals surface area contributed by atoms with Crippen LogP contribution in [0.1, 0.15) is 0 Å². The molecule has 0 amide bonds. The summed E-state index contributed by atoms with van der Waals surface area (Å²) in [6.07, 6.45) is 1.21. The van der Waals surface area contributed by atoms with Crippen molar-refractivity contribution in [3.63, 3.8) is 0 Å². The molecule has 1 N–H and O–H groups in total. The first-order chi connectivity index (χ1) is 9.11. The van der Waals surface area contributed by atoms with E-state index < -0.39 is 4.92 Å². The van der Waals surface area contributed by atoms with Gasteiger partial charge >= 0.3 is 11.6 Å². The van der Waals surface area contributed by atoms with Crippen molar-refractivity contribution in [2.75, 3.05) is 12.4 Å². The summed E-state index contributed by atoms with van der Waals surface area (Å²) in [5.41, 5.74) is -0.288. The van der Waals surface area contributed by atoms with Gasteiger partial charge in [0.05, 0.1) is 4.92 Å². The standard InChI is InChI=1S/C11H9IN4O3/c1-13-10-9(16(17)18)11(15-6-14-10)19-8-4-2-3-7(12)5-8/h2-6H,1H3,(H,13,14,15). The summed E-state index contributed by atoms with van der Waals surface area (Å²) in [5, 5.41) is 13.7. The fourth-order valence-electron chi connectivity index (χ4n) is 1.43. The van der Waals surface area contributed by atoms with Crippen LogP contribution in [0, 0.1) is 13.7 Å². The second-order valence-corrected chi connectivity index (χ2v) is 4.69. The highest BCUT2D eigenvalue weighted by Gasteiger charge is 2.24. The Hall–Kier alpha value is -1.97. The van der Waals surface area contributed by atoms with Gasteiger partial charge in [-0.05, 0) is 40.8 Å². The minimum atomic E-state index is -0.574. The fraction of sp³-hybridized carbons (Fsp3) is 0.0909. The molecule has 0 aliphatic carbocycles. The Labute approximate surface area is 122 Å². The van der Waals surface area contributed by atoms with Gasteiger partial charge in [-0.15, -0.1) is 0 Å². The maximum Gasteiger partial charge on any atom is 0.373 e. The molecule has 0 bridgehead atoms. The van der Waals surface area contributed by atoms with E-state index in [-0.39, 0.29) is 17.4 Å². The van der Waals surface area contributed by atoms with Crippen LogP contribution in [0.4, 0.5) is 11.5 Å². The van der Waals surface area contributed by atoms with Crippen molar-refractivity contribution in [2.24, 2.45) is 0 Å². The van der Waals surface area contributed by atoms with Crippen LogP contribution < -0.4 is 10.1 Å². The lowest BCUT2D eigenvalue weighted by Crippen LogP contribution is -2.03. The molecule has 7 nitrogen and oxygen atoms in total. The van der Waals surface area contributed by atoms with Crippen molar-refractivity contribution < 1.29 is 9.66 Å². The molecule has 8 heteroatoms. The quantitative estimate of drug-likeness (QED) is 0.504. The van der Waals surface area contributed by atoms with E-state index in [1.54, 1.807) is 25.2 Å². The van der Waals surface area contributed by atoms with E-state index >= 15 is 0 Å². The molecule has 0 unspecified atom stereocenters. The summed E-state index contributed by atoms with van der Waals surface area (Å²) in [4.78, 5) is 18.1. The first-order valence-electron chi connectivity index (χ1n) is 5.22. The van der Waals surface area contributed by atoms with Gasteiger partial charge in [0.1, 0.15) is 12.1 Å². The summed E-state index contributed by atoms with van der Waals surface area (Å²) < 4.78 is 6.42. The number of hydrogen-bond donors (Lipinski definition) is 1. The average molecular weight is 372 g/mol. The molecular formula is C11H9IN4O3. The van der Waals surface area contributed by atoms with E-state index in [2.05, 4.69) is 37.9 Å². The maximum absolute atomic E-state index is 11.1. The minimum Gasteiger partial charge on any atom is -0.434 e. The van der Waals surface area contributed by atoms with Crippen LogP contribution in [0.3, 0.4) is 0 Å². The molecule has 0 saturated carbocycles. The third-order valence-corrected chi connectivity index (χ3v) is 2.89. The predicted molar refractivity (Wildman–Crippen MR) is 77.5 cm³/mol. The third kappa shape index (κ3) is 3.08. The molecule has 0 fully saturated rings. The number of aromatic nitrogens is 2. The van der Waals surface area contributed by atoms with E-state index in [1.807, 2.05) is 6.07 Å². The van der Waals surface area contributed by atoms with E-state index in [1.165, 1.54) is 6.33 Å². The molecule has 19 heavy (non-hydrogen) atoms. The van der Waals surface area contributed by atoms with Crippen molar-refractivity contribution >= 4 is 34.1 Å². The van der Waals surface area contributed by atoms with E-state index in [9.17, 15) is 10.1 Å². The molecular weight excluding hydrogens is 363 g/mol. The number of hydrogen-bond acceptors (Lipinski definition) is 6. The number of anilines is 1. The lowest BCUT2D eigenvalue weighted by molar-refractivity contribution is -0.385. The smallest absolute Gasteiger partial charge is 0.373 e. The third-order valence-electron chi connectivity index (χ3n) is 2.22. The highest BCUT2D eigenvalue weighted by Crippen LogP contribution is 2.33. The van der Waals surface area contributed by atoms with E-state index in [4.69, 9.17) is 4.74 Å². The van der Waals surface area contributed by atoms with Gasteiger partial charge in [-0.25, -0.2) is 4.98 Å². The zero-order valence-corrected chi connectivity index (χ0v) is 12.0. The summed E-state index contributed by atoms with van der Waals surface area (Å²) in [6.45, 7) is 0. The Morgan fingerprint density at radius 3 is 2.84 bits per heavy atom. The van der Waals surface area contributed by atoms with Crippen molar-refractivity contribution in [1.29, 1.82) is 0 Å². The van der Waals surface area contributed by atoms with E-state index in [0.29, 0.717) is 5.75 Å². The predicted octanol–water partition coefficient (Wildman–Crippen LogP) is 2.82. The molecule has 98 valence electrons. The minimum absolute atomic E-state index is 0.0913.